The molecule has 74 valence electrons. The van der Waals surface area contributed by atoms with E-state index in [-0.39, 0.29) is 0 Å². The van der Waals surface area contributed by atoms with Gasteiger partial charge in [0, 0.05) is 15.1 Å². The van der Waals surface area contributed by atoms with E-state index < -0.39 is 0 Å². The van der Waals surface area contributed by atoms with E-state index in [9.17, 15) is 0 Å². The van der Waals surface area contributed by atoms with Gasteiger partial charge >= 0.3 is 0 Å². The summed E-state index contributed by atoms with van der Waals surface area (Å²) in [7, 11) is 0. The third-order valence-electron chi connectivity index (χ3n) is 1.97. The van der Waals surface area contributed by atoms with Crippen LogP contribution in [0.25, 0.3) is 0 Å². The van der Waals surface area contributed by atoms with Crippen LogP contribution in [0.4, 0.5) is 0 Å². The highest BCUT2D eigenvalue weighted by Gasteiger charge is 2.09. The maximum Gasteiger partial charge on any atom is 0.0890 e. The van der Waals surface area contributed by atoms with Crippen LogP contribution in [0.3, 0.4) is 0 Å². The molecule has 14 heavy (non-hydrogen) atoms. The van der Waals surface area contributed by atoms with Crippen molar-refractivity contribution >= 4 is 33.2 Å². The molecule has 0 atom stereocenters. The number of nitrogens with zero attached hydrogens (tertiary/aromatic N) is 1. The molecule has 1 aromatic rings. The van der Waals surface area contributed by atoms with Crippen LogP contribution in [-0.4, -0.2) is 25.5 Å². The van der Waals surface area contributed by atoms with Gasteiger partial charge in [-0.1, -0.05) is 27.5 Å². The molecule has 0 bridgehead atoms. The van der Waals surface area contributed by atoms with Gasteiger partial charge in [-0.3, -0.25) is 4.99 Å². The first-order chi connectivity index (χ1) is 6.75. The van der Waals surface area contributed by atoms with Crippen LogP contribution < -0.4 is 0 Å². The maximum atomic E-state index is 5.94. The van der Waals surface area contributed by atoms with Crippen LogP contribution in [-0.2, 0) is 4.74 Å². The highest BCUT2D eigenvalue weighted by atomic mass is 79.9. The number of aliphatic imine (C=N–C) groups is 1. The summed E-state index contributed by atoms with van der Waals surface area (Å²) >= 11 is 9.34. The fraction of sp³-hybridized carbons (Fsp3) is 0.300. The van der Waals surface area contributed by atoms with Gasteiger partial charge < -0.3 is 4.74 Å². The van der Waals surface area contributed by atoms with Gasteiger partial charge in [-0.05, 0) is 18.2 Å². The van der Waals surface area contributed by atoms with E-state index in [4.69, 9.17) is 16.3 Å². The minimum atomic E-state index is 0.576. The van der Waals surface area contributed by atoms with E-state index in [0.29, 0.717) is 18.2 Å². The lowest BCUT2D eigenvalue weighted by molar-refractivity contribution is 0.171. The third kappa shape index (κ3) is 2.35. The summed E-state index contributed by atoms with van der Waals surface area (Å²) in [5.74, 6) is 0. The molecular weight excluding hydrogens is 265 g/mol. The molecule has 0 aliphatic carbocycles. The van der Waals surface area contributed by atoms with Crippen molar-refractivity contribution in [3.63, 3.8) is 0 Å². The lowest BCUT2D eigenvalue weighted by Gasteiger charge is -2.13. The van der Waals surface area contributed by atoms with Crippen molar-refractivity contribution in [1.29, 1.82) is 0 Å². The number of halogens is 2. The monoisotopic (exact) mass is 273 g/mol. The minimum Gasteiger partial charge on any atom is -0.373 e. The Hall–Kier alpha value is -0.380. The van der Waals surface area contributed by atoms with Crippen molar-refractivity contribution in [3.05, 3.63) is 33.3 Å². The summed E-state index contributed by atoms with van der Waals surface area (Å²) < 4.78 is 6.29. The standard InChI is InChI=1S/C10H9BrClNO/c11-8-3-7(4-9(12)5-8)10-6-14-2-1-13-10/h3-5H,1-2,6H2. The zero-order valence-electron chi connectivity index (χ0n) is 7.46. The lowest BCUT2D eigenvalue weighted by atomic mass is 10.1. The van der Waals surface area contributed by atoms with Gasteiger partial charge in [-0.2, -0.15) is 0 Å². The number of hydrogen-bond donors (Lipinski definition) is 0. The topological polar surface area (TPSA) is 21.6 Å². The SMILES string of the molecule is Clc1cc(Br)cc(C2=NCCOC2)c1. The van der Waals surface area contributed by atoms with Crippen molar-refractivity contribution in [2.75, 3.05) is 19.8 Å². The summed E-state index contributed by atoms with van der Waals surface area (Å²) in [5, 5.41) is 0.711. The van der Waals surface area contributed by atoms with Crippen molar-refractivity contribution in [2.45, 2.75) is 0 Å². The van der Waals surface area contributed by atoms with Crippen LogP contribution in [0.1, 0.15) is 5.56 Å². The van der Waals surface area contributed by atoms with Crippen LogP contribution in [0.15, 0.2) is 27.7 Å². The number of rotatable bonds is 1. The molecule has 0 saturated carbocycles. The van der Waals surface area contributed by atoms with E-state index in [2.05, 4.69) is 20.9 Å². The molecule has 1 aliphatic rings. The molecule has 0 amide bonds. The number of ether oxygens (including phenoxy) is 1. The summed E-state index contributed by atoms with van der Waals surface area (Å²) in [5.41, 5.74) is 2.00. The first-order valence-corrected chi connectivity index (χ1v) is 5.50. The second kappa shape index (κ2) is 4.43. The largest absolute Gasteiger partial charge is 0.373 e. The molecule has 0 fully saturated rings. The minimum absolute atomic E-state index is 0.576. The van der Waals surface area contributed by atoms with E-state index in [0.717, 1.165) is 22.3 Å². The molecule has 0 saturated heterocycles. The summed E-state index contributed by atoms with van der Waals surface area (Å²) in [4.78, 5) is 4.39. The summed E-state index contributed by atoms with van der Waals surface area (Å²) in [6.07, 6.45) is 0. The van der Waals surface area contributed by atoms with E-state index >= 15 is 0 Å². The second-order valence-corrected chi connectivity index (χ2v) is 4.39. The first-order valence-electron chi connectivity index (χ1n) is 4.33. The number of hydrogen-bond acceptors (Lipinski definition) is 2. The van der Waals surface area contributed by atoms with Gasteiger partial charge in [0.1, 0.15) is 0 Å². The molecule has 4 heteroatoms. The molecule has 0 aromatic heterocycles. The van der Waals surface area contributed by atoms with Crippen molar-refractivity contribution in [1.82, 2.24) is 0 Å². The van der Waals surface area contributed by atoms with Gasteiger partial charge in [0.05, 0.1) is 25.5 Å². The fourth-order valence-corrected chi connectivity index (χ4v) is 2.21. The zero-order valence-corrected chi connectivity index (χ0v) is 9.81. The van der Waals surface area contributed by atoms with Crippen molar-refractivity contribution in [2.24, 2.45) is 4.99 Å². The van der Waals surface area contributed by atoms with Gasteiger partial charge in [0.25, 0.3) is 0 Å². The average molecular weight is 275 g/mol. The Morgan fingerprint density at radius 3 is 2.86 bits per heavy atom. The van der Waals surface area contributed by atoms with E-state index in [1.807, 2.05) is 18.2 Å². The Morgan fingerprint density at radius 2 is 2.21 bits per heavy atom. The molecule has 0 N–H and O–H groups in total. The van der Waals surface area contributed by atoms with Gasteiger partial charge in [-0.25, -0.2) is 0 Å². The molecule has 1 aromatic carbocycles. The van der Waals surface area contributed by atoms with Crippen LogP contribution >= 0.6 is 27.5 Å². The Balaban J connectivity index is 2.35. The fourth-order valence-electron chi connectivity index (χ4n) is 1.35. The molecule has 2 rings (SSSR count). The molecular formula is C10H9BrClNO. The van der Waals surface area contributed by atoms with Crippen LogP contribution in [0, 0.1) is 0 Å². The van der Waals surface area contributed by atoms with E-state index in [1.165, 1.54) is 0 Å². The highest BCUT2D eigenvalue weighted by molar-refractivity contribution is 9.10. The predicted octanol–water partition coefficient (Wildman–Crippen LogP) is 2.92. The zero-order chi connectivity index (χ0) is 9.97. The Kier molecular flexibility index (Phi) is 3.21. The van der Waals surface area contributed by atoms with Gasteiger partial charge in [-0.15, -0.1) is 0 Å². The third-order valence-corrected chi connectivity index (χ3v) is 2.65. The quantitative estimate of drug-likeness (QED) is 0.771. The second-order valence-electron chi connectivity index (χ2n) is 3.04. The Morgan fingerprint density at radius 1 is 1.36 bits per heavy atom. The highest BCUT2D eigenvalue weighted by Crippen LogP contribution is 2.20. The average Bonchev–Trinajstić information content (AvgIpc) is 2.18. The summed E-state index contributed by atoms with van der Waals surface area (Å²) in [6.45, 7) is 2.03. The van der Waals surface area contributed by atoms with Crippen LogP contribution in [0.5, 0.6) is 0 Å². The van der Waals surface area contributed by atoms with Gasteiger partial charge in [0.2, 0.25) is 0 Å². The molecule has 0 radical (unpaired) electrons. The van der Waals surface area contributed by atoms with E-state index in [1.54, 1.807) is 0 Å². The number of benzene rings is 1. The Labute approximate surface area is 96.1 Å². The van der Waals surface area contributed by atoms with Gasteiger partial charge in [0.15, 0.2) is 0 Å². The smallest absolute Gasteiger partial charge is 0.0890 e. The van der Waals surface area contributed by atoms with Crippen molar-refractivity contribution in [3.8, 4) is 0 Å². The normalized spacial score (nSPS) is 16.6. The maximum absolute atomic E-state index is 5.94. The van der Waals surface area contributed by atoms with Crippen molar-refractivity contribution < 1.29 is 4.74 Å². The molecule has 1 aliphatic heterocycles. The predicted molar refractivity (Wildman–Crippen MR) is 61.4 cm³/mol. The summed E-state index contributed by atoms with van der Waals surface area (Å²) in [6, 6.07) is 5.76. The van der Waals surface area contributed by atoms with Crippen LogP contribution in [0.2, 0.25) is 5.02 Å². The molecule has 2 nitrogen and oxygen atoms in total. The lowest BCUT2D eigenvalue weighted by Crippen LogP contribution is -2.18. The first kappa shape index (κ1) is 10.1. The molecule has 0 unspecified atom stereocenters. The molecule has 0 spiro atoms. The Bertz CT molecular complexity index is 358. The molecule has 1 heterocycles.